The third kappa shape index (κ3) is 3.10. The highest BCUT2D eigenvalue weighted by Crippen LogP contribution is 2.36. The zero-order valence-corrected chi connectivity index (χ0v) is 13.4. The number of carbonyl (C=O) groups is 1. The van der Waals surface area contributed by atoms with Crippen LogP contribution < -0.4 is 14.8 Å². The van der Waals surface area contributed by atoms with Crippen molar-refractivity contribution in [1.29, 1.82) is 0 Å². The molecule has 1 fully saturated rings. The minimum absolute atomic E-state index is 0.195. The molecule has 0 atom stereocenters. The molecule has 0 unspecified atom stereocenters. The van der Waals surface area contributed by atoms with Gasteiger partial charge in [0.05, 0.1) is 19.1 Å². The van der Waals surface area contributed by atoms with Crippen LogP contribution in [0, 0.1) is 0 Å². The van der Waals surface area contributed by atoms with E-state index >= 15 is 0 Å². The first-order valence-corrected chi connectivity index (χ1v) is 7.23. The lowest BCUT2D eigenvalue weighted by molar-refractivity contribution is -0.115. The topological polar surface area (TPSA) is 47.6 Å². The van der Waals surface area contributed by atoms with Gasteiger partial charge in [-0.05, 0) is 28.1 Å². The Hall–Kier alpha value is -1.05. The molecule has 1 aromatic rings. The molecule has 19 heavy (non-hydrogen) atoms. The highest BCUT2D eigenvalue weighted by molar-refractivity contribution is 9.10. The smallest absolute Gasteiger partial charge is 0.263 e. The van der Waals surface area contributed by atoms with E-state index in [2.05, 4.69) is 21.2 Å². The number of hydrogen-bond donors (Lipinski definition) is 1. The summed E-state index contributed by atoms with van der Waals surface area (Å²) in [5.74, 6) is 1.09. The summed E-state index contributed by atoms with van der Waals surface area (Å²) in [4.78, 5) is 12.2. The highest BCUT2D eigenvalue weighted by Gasteiger charge is 2.23. The van der Waals surface area contributed by atoms with Gasteiger partial charge in [-0.15, -0.1) is 0 Å². The SMILES string of the molecule is COc1cc(Br)c(C=C2SC(=S)NC2=O)c(OC)c1. The van der Waals surface area contributed by atoms with Gasteiger partial charge in [0, 0.05) is 16.1 Å². The van der Waals surface area contributed by atoms with Gasteiger partial charge in [0.1, 0.15) is 15.8 Å². The molecule has 2 rings (SSSR count). The predicted octanol–water partition coefficient (Wildman–Crippen LogP) is 2.96. The van der Waals surface area contributed by atoms with Crippen molar-refractivity contribution in [2.24, 2.45) is 0 Å². The molecule has 1 aliphatic rings. The molecule has 4 nitrogen and oxygen atoms in total. The van der Waals surface area contributed by atoms with Gasteiger partial charge in [-0.3, -0.25) is 4.79 Å². The zero-order valence-electron chi connectivity index (χ0n) is 10.2. The van der Waals surface area contributed by atoms with Crippen molar-refractivity contribution in [2.75, 3.05) is 14.2 Å². The highest BCUT2D eigenvalue weighted by atomic mass is 79.9. The van der Waals surface area contributed by atoms with E-state index < -0.39 is 0 Å². The van der Waals surface area contributed by atoms with Gasteiger partial charge in [-0.25, -0.2) is 0 Å². The molecule has 0 aliphatic carbocycles. The second-order valence-electron chi connectivity index (χ2n) is 3.58. The molecule has 0 aromatic heterocycles. The zero-order chi connectivity index (χ0) is 14.0. The molecule has 100 valence electrons. The fraction of sp³-hybridized carbons (Fsp3) is 0.167. The summed E-state index contributed by atoms with van der Waals surface area (Å²) in [7, 11) is 3.15. The van der Waals surface area contributed by atoms with E-state index in [4.69, 9.17) is 21.7 Å². The maximum Gasteiger partial charge on any atom is 0.263 e. The van der Waals surface area contributed by atoms with Gasteiger partial charge < -0.3 is 14.8 Å². The van der Waals surface area contributed by atoms with Gasteiger partial charge in [0.25, 0.3) is 5.91 Å². The van der Waals surface area contributed by atoms with Crippen molar-refractivity contribution in [3.05, 3.63) is 27.1 Å². The van der Waals surface area contributed by atoms with Crippen molar-refractivity contribution in [3.63, 3.8) is 0 Å². The first-order valence-electron chi connectivity index (χ1n) is 5.21. The van der Waals surface area contributed by atoms with E-state index in [1.165, 1.54) is 11.8 Å². The average molecular weight is 360 g/mol. The van der Waals surface area contributed by atoms with Gasteiger partial charge in [0.15, 0.2) is 0 Å². The normalized spacial score (nSPS) is 16.7. The molecule has 0 saturated carbocycles. The number of benzene rings is 1. The largest absolute Gasteiger partial charge is 0.497 e. The molecule has 0 spiro atoms. The molecule has 0 bridgehead atoms. The van der Waals surface area contributed by atoms with Crippen LogP contribution in [0.1, 0.15) is 5.56 Å². The number of methoxy groups -OCH3 is 2. The summed E-state index contributed by atoms with van der Waals surface area (Å²) in [6.45, 7) is 0. The third-order valence-electron chi connectivity index (χ3n) is 2.44. The van der Waals surface area contributed by atoms with E-state index in [9.17, 15) is 4.79 Å². The Morgan fingerprint density at radius 1 is 1.37 bits per heavy atom. The number of thiocarbonyl (C=S) groups is 1. The molecule has 1 amide bonds. The Morgan fingerprint density at radius 3 is 2.63 bits per heavy atom. The van der Waals surface area contributed by atoms with E-state index in [1.54, 1.807) is 26.4 Å². The fourth-order valence-corrected chi connectivity index (χ4v) is 3.11. The van der Waals surface area contributed by atoms with Crippen molar-refractivity contribution < 1.29 is 14.3 Å². The van der Waals surface area contributed by atoms with Gasteiger partial charge >= 0.3 is 0 Å². The Bertz CT molecular complexity index is 587. The maximum absolute atomic E-state index is 11.7. The number of amides is 1. The first kappa shape index (κ1) is 14.4. The second kappa shape index (κ2) is 5.94. The lowest BCUT2D eigenvalue weighted by Gasteiger charge is -2.10. The molecule has 0 radical (unpaired) electrons. The van der Waals surface area contributed by atoms with E-state index in [0.29, 0.717) is 20.7 Å². The Balaban J connectivity index is 2.48. The van der Waals surface area contributed by atoms with Crippen molar-refractivity contribution in [1.82, 2.24) is 5.32 Å². The van der Waals surface area contributed by atoms with Crippen LogP contribution in [0.25, 0.3) is 6.08 Å². The molecule has 1 aromatic carbocycles. The number of rotatable bonds is 3. The van der Waals surface area contributed by atoms with Crippen LogP contribution in [0.5, 0.6) is 11.5 Å². The number of ether oxygens (including phenoxy) is 2. The van der Waals surface area contributed by atoms with Crippen molar-refractivity contribution >= 4 is 56.2 Å². The first-order chi connectivity index (χ1) is 9.05. The summed E-state index contributed by atoms with van der Waals surface area (Å²) < 4.78 is 11.7. The third-order valence-corrected chi connectivity index (χ3v) is 4.26. The quantitative estimate of drug-likeness (QED) is 0.664. The monoisotopic (exact) mass is 359 g/mol. The molecular weight excluding hydrogens is 350 g/mol. The Kier molecular flexibility index (Phi) is 4.49. The summed E-state index contributed by atoms with van der Waals surface area (Å²) in [6.07, 6.45) is 1.74. The van der Waals surface area contributed by atoms with Gasteiger partial charge in [0.2, 0.25) is 0 Å². The lowest BCUT2D eigenvalue weighted by Crippen LogP contribution is -2.17. The summed E-state index contributed by atoms with van der Waals surface area (Å²) in [5, 5.41) is 2.57. The van der Waals surface area contributed by atoms with Gasteiger partial charge in [-0.2, -0.15) is 0 Å². The van der Waals surface area contributed by atoms with Crippen molar-refractivity contribution in [3.8, 4) is 11.5 Å². The predicted molar refractivity (Wildman–Crippen MR) is 83.6 cm³/mol. The number of thioether (sulfide) groups is 1. The number of halogens is 1. The molecule has 7 heteroatoms. The fourth-order valence-electron chi connectivity index (χ4n) is 1.55. The standard InChI is InChI=1S/C12H10BrNO3S2/c1-16-6-3-8(13)7(9(4-6)17-2)5-10-11(15)14-12(18)19-10/h3-5H,1-2H3,(H,14,15,18). The Morgan fingerprint density at radius 2 is 2.11 bits per heavy atom. The van der Waals surface area contributed by atoms with Crippen LogP contribution in [0.3, 0.4) is 0 Å². The summed E-state index contributed by atoms with van der Waals surface area (Å²) in [6, 6.07) is 3.57. The lowest BCUT2D eigenvalue weighted by atomic mass is 10.1. The number of hydrogen-bond acceptors (Lipinski definition) is 5. The van der Waals surface area contributed by atoms with Crippen LogP contribution >= 0.6 is 39.9 Å². The summed E-state index contributed by atoms with van der Waals surface area (Å²) in [5.41, 5.74) is 0.769. The van der Waals surface area contributed by atoms with Crippen LogP contribution in [0.2, 0.25) is 0 Å². The molecule has 1 saturated heterocycles. The molecule has 1 heterocycles. The molecular formula is C12H10BrNO3S2. The number of nitrogens with one attached hydrogen (secondary N) is 1. The van der Waals surface area contributed by atoms with E-state index in [-0.39, 0.29) is 5.91 Å². The minimum Gasteiger partial charge on any atom is -0.497 e. The molecule has 1 aliphatic heterocycles. The second-order valence-corrected chi connectivity index (χ2v) is 6.15. The van der Waals surface area contributed by atoms with Gasteiger partial charge in [-0.1, -0.05) is 24.0 Å². The van der Waals surface area contributed by atoms with Crippen LogP contribution in [-0.4, -0.2) is 24.4 Å². The summed E-state index contributed by atoms with van der Waals surface area (Å²) >= 11 is 9.62. The van der Waals surface area contributed by atoms with E-state index in [0.717, 1.165) is 10.0 Å². The van der Waals surface area contributed by atoms with Crippen LogP contribution in [0.4, 0.5) is 0 Å². The number of carbonyl (C=O) groups excluding carboxylic acids is 1. The van der Waals surface area contributed by atoms with E-state index in [1.807, 2.05) is 6.07 Å². The molecule has 1 N–H and O–H groups in total. The maximum atomic E-state index is 11.7. The average Bonchev–Trinajstić information content (AvgIpc) is 2.69. The Labute approximate surface area is 128 Å². The van der Waals surface area contributed by atoms with Crippen molar-refractivity contribution in [2.45, 2.75) is 0 Å². The minimum atomic E-state index is -0.195. The van der Waals surface area contributed by atoms with Crippen LogP contribution in [0.15, 0.2) is 21.5 Å². The van der Waals surface area contributed by atoms with Crippen LogP contribution in [-0.2, 0) is 4.79 Å².